The molecule has 27 heavy (non-hydrogen) atoms. The highest BCUT2D eigenvalue weighted by Gasteiger charge is 2.28. The monoisotopic (exact) mass is 402 g/mol. The third-order valence-electron chi connectivity index (χ3n) is 4.84. The average molecular weight is 403 g/mol. The number of nitrogens with two attached hydrogens (primary N) is 1. The van der Waals surface area contributed by atoms with E-state index < -0.39 is 5.91 Å². The van der Waals surface area contributed by atoms with E-state index in [2.05, 4.69) is 12.2 Å². The van der Waals surface area contributed by atoms with Gasteiger partial charge in [0, 0.05) is 16.0 Å². The summed E-state index contributed by atoms with van der Waals surface area (Å²) in [5.41, 5.74) is 8.00. The molecule has 0 bridgehead atoms. The summed E-state index contributed by atoms with van der Waals surface area (Å²) in [4.78, 5) is 25.5. The molecule has 142 valence electrons. The SMILES string of the molecule is CCCC1CCc2c(sc(NC(=O)C=Cc3ccc(Cl)cc3)c2C(N)=O)C1. The van der Waals surface area contributed by atoms with Gasteiger partial charge in [-0.15, -0.1) is 11.3 Å². The maximum atomic E-state index is 12.3. The summed E-state index contributed by atoms with van der Waals surface area (Å²) in [6, 6.07) is 7.20. The van der Waals surface area contributed by atoms with Gasteiger partial charge in [-0.05, 0) is 54.5 Å². The molecule has 0 aliphatic heterocycles. The number of amides is 2. The fourth-order valence-corrected chi connectivity index (χ4v) is 5.05. The number of nitrogens with one attached hydrogen (secondary N) is 1. The summed E-state index contributed by atoms with van der Waals surface area (Å²) >= 11 is 7.35. The maximum absolute atomic E-state index is 12.3. The first-order valence-corrected chi connectivity index (χ1v) is 10.4. The summed E-state index contributed by atoms with van der Waals surface area (Å²) < 4.78 is 0. The Bertz CT molecular complexity index is 871. The Morgan fingerprint density at radius 2 is 2.07 bits per heavy atom. The van der Waals surface area contributed by atoms with Crippen molar-refractivity contribution < 1.29 is 9.59 Å². The normalized spacial score (nSPS) is 16.3. The van der Waals surface area contributed by atoms with Crippen LogP contribution in [0.5, 0.6) is 0 Å². The number of benzene rings is 1. The van der Waals surface area contributed by atoms with Crippen LogP contribution >= 0.6 is 22.9 Å². The Morgan fingerprint density at radius 3 is 2.74 bits per heavy atom. The van der Waals surface area contributed by atoms with Crippen LogP contribution in [-0.4, -0.2) is 11.8 Å². The van der Waals surface area contributed by atoms with Crippen LogP contribution < -0.4 is 11.1 Å². The van der Waals surface area contributed by atoms with E-state index in [-0.39, 0.29) is 5.91 Å². The molecule has 1 aliphatic rings. The van der Waals surface area contributed by atoms with Gasteiger partial charge in [0.25, 0.3) is 5.91 Å². The van der Waals surface area contributed by atoms with Crippen molar-refractivity contribution in [2.45, 2.75) is 39.0 Å². The maximum Gasteiger partial charge on any atom is 0.251 e. The molecule has 0 spiro atoms. The fraction of sp³-hybridized carbons (Fsp3) is 0.333. The predicted molar refractivity (Wildman–Crippen MR) is 112 cm³/mol. The number of carbonyl (C=O) groups is 2. The number of hydrogen-bond donors (Lipinski definition) is 2. The highest BCUT2D eigenvalue weighted by atomic mass is 35.5. The van der Waals surface area contributed by atoms with Crippen molar-refractivity contribution in [3.63, 3.8) is 0 Å². The third kappa shape index (κ3) is 4.79. The van der Waals surface area contributed by atoms with Crippen LogP contribution in [0.25, 0.3) is 6.08 Å². The smallest absolute Gasteiger partial charge is 0.251 e. The van der Waals surface area contributed by atoms with Crippen molar-refractivity contribution in [3.8, 4) is 0 Å². The second-order valence-corrected chi connectivity index (χ2v) is 8.39. The molecule has 1 aromatic carbocycles. The fourth-order valence-electron chi connectivity index (χ4n) is 3.56. The number of hydrogen-bond acceptors (Lipinski definition) is 3. The van der Waals surface area contributed by atoms with Gasteiger partial charge in [-0.1, -0.05) is 43.5 Å². The van der Waals surface area contributed by atoms with Crippen LogP contribution in [0.1, 0.15) is 52.5 Å². The second kappa shape index (κ2) is 8.72. The van der Waals surface area contributed by atoms with Gasteiger partial charge in [0.2, 0.25) is 5.91 Å². The van der Waals surface area contributed by atoms with Gasteiger partial charge in [-0.25, -0.2) is 0 Å². The molecule has 6 heteroatoms. The lowest BCUT2D eigenvalue weighted by Gasteiger charge is -2.21. The van der Waals surface area contributed by atoms with Crippen LogP contribution in [0, 0.1) is 5.92 Å². The van der Waals surface area contributed by atoms with Gasteiger partial charge < -0.3 is 11.1 Å². The molecule has 3 N–H and O–H groups in total. The van der Waals surface area contributed by atoms with E-state index in [0.717, 1.165) is 36.8 Å². The summed E-state index contributed by atoms with van der Waals surface area (Å²) in [5, 5.41) is 4.06. The lowest BCUT2D eigenvalue weighted by molar-refractivity contribution is -0.111. The zero-order valence-electron chi connectivity index (χ0n) is 15.3. The zero-order chi connectivity index (χ0) is 19.4. The molecular weight excluding hydrogens is 380 g/mol. The molecule has 1 aliphatic carbocycles. The standard InChI is InChI=1S/C21H23ClN2O2S/c1-2-3-14-6-10-16-17(12-14)27-21(19(16)20(23)26)24-18(25)11-7-13-4-8-15(22)9-5-13/h4-5,7-9,11,14H,2-3,6,10,12H2,1H3,(H2,23,26)(H,24,25). The van der Waals surface area contributed by atoms with Crippen LogP contribution in [0.2, 0.25) is 5.02 Å². The van der Waals surface area contributed by atoms with E-state index >= 15 is 0 Å². The highest BCUT2D eigenvalue weighted by Crippen LogP contribution is 2.40. The van der Waals surface area contributed by atoms with Gasteiger partial charge in [0.05, 0.1) is 5.56 Å². The van der Waals surface area contributed by atoms with Gasteiger partial charge in [0.15, 0.2) is 0 Å². The van der Waals surface area contributed by atoms with Gasteiger partial charge in [-0.3, -0.25) is 9.59 Å². The van der Waals surface area contributed by atoms with E-state index in [1.54, 1.807) is 18.2 Å². The number of anilines is 1. The molecule has 2 aromatic rings. The van der Waals surface area contributed by atoms with Crippen LogP contribution in [-0.2, 0) is 17.6 Å². The number of thiophene rings is 1. The Balaban J connectivity index is 1.77. The van der Waals surface area contributed by atoms with E-state index in [4.69, 9.17) is 17.3 Å². The minimum Gasteiger partial charge on any atom is -0.365 e. The molecule has 3 rings (SSSR count). The van der Waals surface area contributed by atoms with Crippen LogP contribution in [0.3, 0.4) is 0 Å². The first-order chi connectivity index (χ1) is 13.0. The van der Waals surface area contributed by atoms with Crippen molar-refractivity contribution in [2.75, 3.05) is 5.32 Å². The molecule has 1 atom stereocenters. The Labute approximate surface area is 168 Å². The summed E-state index contributed by atoms with van der Waals surface area (Å²) in [7, 11) is 0. The number of halogens is 1. The second-order valence-electron chi connectivity index (χ2n) is 6.84. The van der Waals surface area contributed by atoms with Gasteiger partial charge in [0.1, 0.15) is 5.00 Å². The van der Waals surface area contributed by atoms with Crippen molar-refractivity contribution >= 4 is 45.8 Å². The summed E-state index contributed by atoms with van der Waals surface area (Å²) in [6.45, 7) is 2.19. The summed E-state index contributed by atoms with van der Waals surface area (Å²) in [6.07, 6.45) is 8.40. The minimum atomic E-state index is -0.474. The zero-order valence-corrected chi connectivity index (χ0v) is 16.8. The van der Waals surface area contributed by atoms with Crippen LogP contribution in [0.15, 0.2) is 30.3 Å². The van der Waals surface area contributed by atoms with Crippen molar-refractivity contribution in [2.24, 2.45) is 11.7 Å². The highest BCUT2D eigenvalue weighted by molar-refractivity contribution is 7.17. The molecule has 0 saturated carbocycles. The molecular formula is C21H23ClN2O2S. The van der Waals surface area contributed by atoms with Crippen molar-refractivity contribution in [1.29, 1.82) is 0 Å². The average Bonchev–Trinajstić information content (AvgIpc) is 2.98. The summed E-state index contributed by atoms with van der Waals surface area (Å²) in [5.74, 6) is -0.107. The van der Waals surface area contributed by atoms with Crippen LogP contribution in [0.4, 0.5) is 5.00 Å². The van der Waals surface area contributed by atoms with Crippen molar-refractivity contribution in [1.82, 2.24) is 0 Å². The van der Waals surface area contributed by atoms with E-state index in [9.17, 15) is 9.59 Å². The first kappa shape index (κ1) is 19.6. The van der Waals surface area contributed by atoms with E-state index in [1.165, 1.54) is 28.7 Å². The largest absolute Gasteiger partial charge is 0.365 e. The molecule has 1 aromatic heterocycles. The van der Waals surface area contributed by atoms with E-state index in [1.807, 2.05) is 12.1 Å². The molecule has 1 unspecified atom stereocenters. The number of rotatable bonds is 6. The lowest BCUT2D eigenvalue weighted by Crippen LogP contribution is -2.19. The van der Waals surface area contributed by atoms with E-state index in [0.29, 0.717) is 21.5 Å². The third-order valence-corrected chi connectivity index (χ3v) is 6.27. The first-order valence-electron chi connectivity index (χ1n) is 9.17. The molecule has 2 amide bonds. The molecule has 4 nitrogen and oxygen atoms in total. The lowest BCUT2D eigenvalue weighted by atomic mass is 9.84. The predicted octanol–water partition coefficient (Wildman–Crippen LogP) is 5.06. The Morgan fingerprint density at radius 1 is 1.33 bits per heavy atom. The van der Waals surface area contributed by atoms with Gasteiger partial charge in [-0.2, -0.15) is 0 Å². The number of carbonyl (C=O) groups excluding carboxylic acids is 2. The molecule has 1 heterocycles. The molecule has 0 fully saturated rings. The number of fused-ring (bicyclic) bond motifs is 1. The Kier molecular flexibility index (Phi) is 6.34. The molecule has 0 saturated heterocycles. The van der Waals surface area contributed by atoms with Gasteiger partial charge >= 0.3 is 0 Å². The minimum absolute atomic E-state index is 0.281. The topological polar surface area (TPSA) is 72.2 Å². The Hall–Kier alpha value is -2.11. The quantitative estimate of drug-likeness (QED) is 0.663. The number of primary amides is 1. The molecule has 0 radical (unpaired) electrons. The van der Waals surface area contributed by atoms with Crippen molar-refractivity contribution in [3.05, 3.63) is 56.9 Å².